The first-order valence-electron chi connectivity index (χ1n) is 6.03. The van der Waals surface area contributed by atoms with Crippen molar-refractivity contribution in [2.75, 3.05) is 26.2 Å². The second-order valence-corrected chi connectivity index (χ2v) is 5.06. The Morgan fingerprint density at radius 3 is 2.50 bits per heavy atom. The average molecular weight is 236 g/mol. The molecule has 94 valence electrons. The SMILES string of the molecule is FC(F)(F)CCN1CCNC2(CCCC2)C1. The number of alkyl halides is 3. The molecule has 2 aliphatic rings. The van der Waals surface area contributed by atoms with E-state index in [-0.39, 0.29) is 12.1 Å². The Hall–Kier alpha value is -0.290. The van der Waals surface area contributed by atoms with Crippen LogP contribution < -0.4 is 5.32 Å². The van der Waals surface area contributed by atoms with Crippen LogP contribution in [-0.2, 0) is 0 Å². The summed E-state index contributed by atoms with van der Waals surface area (Å²) in [5.41, 5.74) is 0.129. The van der Waals surface area contributed by atoms with Crippen LogP contribution in [0.25, 0.3) is 0 Å². The van der Waals surface area contributed by atoms with Crippen molar-refractivity contribution in [3.63, 3.8) is 0 Å². The molecule has 1 aliphatic heterocycles. The van der Waals surface area contributed by atoms with E-state index in [9.17, 15) is 13.2 Å². The van der Waals surface area contributed by atoms with Crippen molar-refractivity contribution < 1.29 is 13.2 Å². The van der Waals surface area contributed by atoms with Gasteiger partial charge in [0.1, 0.15) is 0 Å². The van der Waals surface area contributed by atoms with Crippen LogP contribution >= 0.6 is 0 Å². The zero-order valence-electron chi connectivity index (χ0n) is 9.45. The average Bonchev–Trinajstić information content (AvgIpc) is 2.63. The summed E-state index contributed by atoms with van der Waals surface area (Å²) in [5.74, 6) is 0. The highest BCUT2D eigenvalue weighted by Crippen LogP contribution is 2.32. The standard InChI is InChI=1S/C11H19F3N2/c12-11(13,14)5-7-16-8-6-15-10(9-16)3-1-2-4-10/h15H,1-9H2. The quantitative estimate of drug-likeness (QED) is 0.790. The summed E-state index contributed by atoms with van der Waals surface area (Å²) < 4.78 is 36.4. The molecule has 0 atom stereocenters. The van der Waals surface area contributed by atoms with E-state index in [1.54, 1.807) is 0 Å². The summed E-state index contributed by atoms with van der Waals surface area (Å²) in [4.78, 5) is 1.97. The molecule has 1 aliphatic carbocycles. The summed E-state index contributed by atoms with van der Waals surface area (Å²) >= 11 is 0. The van der Waals surface area contributed by atoms with Crippen LogP contribution in [0.5, 0.6) is 0 Å². The predicted molar refractivity (Wildman–Crippen MR) is 56.3 cm³/mol. The van der Waals surface area contributed by atoms with E-state index in [1.807, 2.05) is 4.90 Å². The topological polar surface area (TPSA) is 15.3 Å². The molecule has 0 amide bonds. The van der Waals surface area contributed by atoms with E-state index < -0.39 is 12.6 Å². The normalized spacial score (nSPS) is 26.4. The fraction of sp³-hybridized carbons (Fsp3) is 1.00. The van der Waals surface area contributed by atoms with Gasteiger partial charge in [0.2, 0.25) is 0 Å². The maximum atomic E-state index is 12.1. The fourth-order valence-electron chi connectivity index (χ4n) is 2.90. The first-order valence-corrected chi connectivity index (χ1v) is 6.03. The molecule has 2 fully saturated rings. The Kier molecular flexibility index (Phi) is 3.45. The molecule has 2 nitrogen and oxygen atoms in total. The van der Waals surface area contributed by atoms with Crippen molar-refractivity contribution in [3.8, 4) is 0 Å². The van der Waals surface area contributed by atoms with E-state index in [0.717, 1.165) is 32.5 Å². The minimum Gasteiger partial charge on any atom is -0.309 e. The summed E-state index contributed by atoms with van der Waals surface area (Å²) in [6.45, 7) is 2.53. The van der Waals surface area contributed by atoms with Gasteiger partial charge in [0, 0.05) is 31.7 Å². The van der Waals surface area contributed by atoms with Gasteiger partial charge >= 0.3 is 6.18 Å². The first-order chi connectivity index (χ1) is 7.49. The molecular weight excluding hydrogens is 217 g/mol. The first kappa shape index (κ1) is 12.2. The largest absolute Gasteiger partial charge is 0.390 e. The van der Waals surface area contributed by atoms with Gasteiger partial charge in [-0.3, -0.25) is 4.90 Å². The Bertz CT molecular complexity index is 234. The van der Waals surface area contributed by atoms with Crippen molar-refractivity contribution in [2.24, 2.45) is 0 Å². The van der Waals surface area contributed by atoms with Crippen molar-refractivity contribution in [3.05, 3.63) is 0 Å². The second-order valence-electron chi connectivity index (χ2n) is 5.06. The minimum absolute atomic E-state index is 0.129. The molecule has 2 rings (SSSR count). The van der Waals surface area contributed by atoms with Crippen LogP contribution in [0.15, 0.2) is 0 Å². The molecule has 0 aromatic heterocycles. The third-order valence-corrected chi connectivity index (χ3v) is 3.73. The van der Waals surface area contributed by atoms with Crippen molar-refractivity contribution in [2.45, 2.75) is 43.8 Å². The lowest BCUT2D eigenvalue weighted by Crippen LogP contribution is -2.59. The van der Waals surface area contributed by atoms with E-state index in [1.165, 1.54) is 12.8 Å². The molecule has 5 heteroatoms. The molecule has 1 N–H and O–H groups in total. The van der Waals surface area contributed by atoms with Gasteiger partial charge < -0.3 is 5.32 Å². The number of nitrogens with zero attached hydrogens (tertiary/aromatic N) is 1. The van der Waals surface area contributed by atoms with Crippen LogP contribution in [0, 0.1) is 0 Å². The van der Waals surface area contributed by atoms with E-state index in [2.05, 4.69) is 5.32 Å². The lowest BCUT2D eigenvalue weighted by atomic mass is 9.94. The minimum atomic E-state index is -4.02. The Morgan fingerprint density at radius 2 is 1.88 bits per heavy atom. The van der Waals surface area contributed by atoms with E-state index in [4.69, 9.17) is 0 Å². The molecule has 0 aromatic rings. The third-order valence-electron chi connectivity index (χ3n) is 3.73. The van der Waals surface area contributed by atoms with Gasteiger partial charge in [-0.2, -0.15) is 13.2 Å². The molecule has 0 bridgehead atoms. The second kappa shape index (κ2) is 4.53. The lowest BCUT2D eigenvalue weighted by Gasteiger charge is -2.41. The van der Waals surface area contributed by atoms with Gasteiger partial charge in [0.25, 0.3) is 0 Å². The molecule has 0 unspecified atom stereocenters. The number of rotatable bonds is 2. The number of hydrogen-bond acceptors (Lipinski definition) is 2. The van der Waals surface area contributed by atoms with Crippen molar-refractivity contribution >= 4 is 0 Å². The predicted octanol–water partition coefficient (Wildman–Crippen LogP) is 2.16. The highest BCUT2D eigenvalue weighted by atomic mass is 19.4. The summed E-state index contributed by atoms with van der Waals surface area (Å²) in [6, 6.07) is 0. The smallest absolute Gasteiger partial charge is 0.309 e. The number of nitrogens with one attached hydrogen (secondary N) is 1. The number of halogens is 3. The molecule has 16 heavy (non-hydrogen) atoms. The lowest BCUT2D eigenvalue weighted by molar-refractivity contribution is -0.139. The van der Waals surface area contributed by atoms with Crippen LogP contribution in [0.3, 0.4) is 0 Å². The van der Waals surface area contributed by atoms with Gasteiger partial charge in [0.15, 0.2) is 0 Å². The maximum absolute atomic E-state index is 12.1. The summed E-state index contributed by atoms with van der Waals surface area (Å²) in [6.07, 6.45) is -0.0396. The number of piperazine rings is 1. The Labute approximate surface area is 94.2 Å². The van der Waals surface area contributed by atoms with Crippen LogP contribution in [0.2, 0.25) is 0 Å². The molecule has 1 saturated carbocycles. The van der Waals surface area contributed by atoms with Crippen LogP contribution in [0.1, 0.15) is 32.1 Å². The van der Waals surface area contributed by atoms with E-state index >= 15 is 0 Å². The Balaban J connectivity index is 1.82. The van der Waals surface area contributed by atoms with E-state index in [0.29, 0.717) is 0 Å². The van der Waals surface area contributed by atoms with Gasteiger partial charge in [0.05, 0.1) is 6.42 Å². The molecule has 1 heterocycles. The monoisotopic (exact) mass is 236 g/mol. The molecule has 1 spiro atoms. The zero-order chi connectivity index (χ0) is 11.6. The molecular formula is C11H19F3N2. The molecule has 0 radical (unpaired) electrons. The van der Waals surface area contributed by atoms with Crippen LogP contribution in [0.4, 0.5) is 13.2 Å². The zero-order valence-corrected chi connectivity index (χ0v) is 9.45. The summed E-state index contributed by atoms with van der Waals surface area (Å²) in [5, 5.41) is 3.50. The fourth-order valence-corrected chi connectivity index (χ4v) is 2.90. The maximum Gasteiger partial charge on any atom is 0.390 e. The van der Waals surface area contributed by atoms with Crippen molar-refractivity contribution in [1.82, 2.24) is 10.2 Å². The van der Waals surface area contributed by atoms with Gasteiger partial charge in [-0.05, 0) is 12.8 Å². The van der Waals surface area contributed by atoms with Gasteiger partial charge in [-0.1, -0.05) is 12.8 Å². The molecule has 1 saturated heterocycles. The highest BCUT2D eigenvalue weighted by Gasteiger charge is 2.38. The van der Waals surface area contributed by atoms with Crippen LogP contribution in [-0.4, -0.2) is 42.8 Å². The summed E-state index contributed by atoms with van der Waals surface area (Å²) in [7, 11) is 0. The third kappa shape index (κ3) is 3.10. The highest BCUT2D eigenvalue weighted by molar-refractivity contribution is 4.98. The van der Waals surface area contributed by atoms with Gasteiger partial charge in [-0.25, -0.2) is 0 Å². The Morgan fingerprint density at radius 1 is 1.19 bits per heavy atom. The number of hydrogen-bond donors (Lipinski definition) is 1. The molecule has 0 aromatic carbocycles. The van der Waals surface area contributed by atoms with Crippen molar-refractivity contribution in [1.29, 1.82) is 0 Å². The van der Waals surface area contributed by atoms with Gasteiger partial charge in [-0.15, -0.1) is 0 Å².